The van der Waals surface area contributed by atoms with Crippen molar-refractivity contribution in [3.63, 3.8) is 0 Å². The molecule has 1 unspecified atom stereocenters. The van der Waals surface area contributed by atoms with Crippen LogP contribution in [-0.2, 0) is 11.3 Å². The SMILES string of the molecule is CC(C)c1ccc(NC(=O)c2c[nH]c(=O)n(CC3CCCO3)c2=O)cc1. The molecule has 3 rings (SSSR count). The number of aromatic amines is 1. The molecule has 138 valence electrons. The third-order valence-electron chi connectivity index (χ3n) is 4.55. The Kier molecular flexibility index (Phi) is 5.37. The summed E-state index contributed by atoms with van der Waals surface area (Å²) in [5.74, 6) is -0.159. The number of nitrogens with zero attached hydrogens (tertiary/aromatic N) is 1. The molecule has 1 saturated heterocycles. The first-order valence-corrected chi connectivity index (χ1v) is 8.81. The topological polar surface area (TPSA) is 93.2 Å². The van der Waals surface area contributed by atoms with Gasteiger partial charge in [-0.25, -0.2) is 4.79 Å². The van der Waals surface area contributed by atoms with E-state index < -0.39 is 17.2 Å². The van der Waals surface area contributed by atoms with Gasteiger partial charge in [-0.15, -0.1) is 0 Å². The van der Waals surface area contributed by atoms with Crippen LogP contribution in [-0.4, -0.2) is 28.2 Å². The summed E-state index contributed by atoms with van der Waals surface area (Å²) in [6.07, 6.45) is 2.69. The summed E-state index contributed by atoms with van der Waals surface area (Å²) in [5.41, 5.74) is 0.501. The van der Waals surface area contributed by atoms with Gasteiger partial charge in [-0.2, -0.15) is 0 Å². The van der Waals surface area contributed by atoms with Gasteiger partial charge < -0.3 is 15.0 Å². The molecule has 0 aliphatic carbocycles. The highest BCUT2D eigenvalue weighted by Gasteiger charge is 2.20. The Morgan fingerprint density at radius 1 is 1.31 bits per heavy atom. The van der Waals surface area contributed by atoms with Gasteiger partial charge in [-0.1, -0.05) is 26.0 Å². The molecule has 1 aliphatic rings. The number of H-pyrrole nitrogens is 1. The quantitative estimate of drug-likeness (QED) is 0.857. The summed E-state index contributed by atoms with van der Waals surface area (Å²) in [6.45, 7) is 4.96. The maximum Gasteiger partial charge on any atom is 0.328 e. The largest absolute Gasteiger partial charge is 0.376 e. The van der Waals surface area contributed by atoms with Crippen molar-refractivity contribution in [2.75, 3.05) is 11.9 Å². The lowest BCUT2D eigenvalue weighted by atomic mass is 10.0. The van der Waals surface area contributed by atoms with Crippen molar-refractivity contribution in [3.8, 4) is 0 Å². The number of amides is 1. The first-order valence-electron chi connectivity index (χ1n) is 8.81. The van der Waals surface area contributed by atoms with E-state index in [1.807, 2.05) is 12.1 Å². The van der Waals surface area contributed by atoms with Crippen molar-refractivity contribution < 1.29 is 9.53 Å². The van der Waals surface area contributed by atoms with Crippen LogP contribution in [0.25, 0.3) is 0 Å². The Hall–Kier alpha value is -2.67. The van der Waals surface area contributed by atoms with Gasteiger partial charge in [-0.05, 0) is 36.5 Å². The van der Waals surface area contributed by atoms with E-state index in [4.69, 9.17) is 4.74 Å². The zero-order valence-electron chi connectivity index (χ0n) is 15.0. The van der Waals surface area contributed by atoms with Crippen molar-refractivity contribution in [3.05, 3.63) is 62.4 Å². The highest BCUT2D eigenvalue weighted by molar-refractivity contribution is 6.03. The number of carbonyl (C=O) groups excluding carboxylic acids is 1. The van der Waals surface area contributed by atoms with Crippen LogP contribution in [0, 0.1) is 0 Å². The molecule has 2 N–H and O–H groups in total. The average Bonchev–Trinajstić information content (AvgIpc) is 3.12. The van der Waals surface area contributed by atoms with E-state index >= 15 is 0 Å². The molecule has 7 nitrogen and oxygen atoms in total. The molecule has 26 heavy (non-hydrogen) atoms. The Labute approximate surface area is 151 Å². The van der Waals surface area contributed by atoms with Crippen molar-refractivity contribution in [2.45, 2.75) is 45.3 Å². The molecular formula is C19H23N3O4. The summed E-state index contributed by atoms with van der Waals surface area (Å²) in [7, 11) is 0. The van der Waals surface area contributed by atoms with E-state index in [-0.39, 0.29) is 18.2 Å². The molecule has 2 heterocycles. The second-order valence-electron chi connectivity index (χ2n) is 6.79. The molecule has 1 amide bonds. The summed E-state index contributed by atoms with van der Waals surface area (Å²) >= 11 is 0. The van der Waals surface area contributed by atoms with Crippen LogP contribution in [0.3, 0.4) is 0 Å². The molecule has 1 aromatic heterocycles. The molecular weight excluding hydrogens is 334 g/mol. The van der Waals surface area contributed by atoms with E-state index in [1.54, 1.807) is 12.1 Å². The maximum absolute atomic E-state index is 12.6. The van der Waals surface area contributed by atoms with Gasteiger partial charge in [0.2, 0.25) is 0 Å². The van der Waals surface area contributed by atoms with Crippen LogP contribution in [0.4, 0.5) is 5.69 Å². The van der Waals surface area contributed by atoms with E-state index in [1.165, 1.54) is 0 Å². The molecule has 1 atom stereocenters. The Morgan fingerprint density at radius 2 is 2.04 bits per heavy atom. The van der Waals surface area contributed by atoms with Crippen LogP contribution in [0.5, 0.6) is 0 Å². The fourth-order valence-corrected chi connectivity index (χ4v) is 2.98. The summed E-state index contributed by atoms with van der Waals surface area (Å²) in [5, 5.41) is 2.70. The zero-order valence-corrected chi connectivity index (χ0v) is 15.0. The predicted octanol–water partition coefficient (Wildman–Crippen LogP) is 2.09. The van der Waals surface area contributed by atoms with E-state index in [0.717, 1.165) is 29.2 Å². The minimum atomic E-state index is -0.611. The van der Waals surface area contributed by atoms with Crippen molar-refractivity contribution in [1.82, 2.24) is 9.55 Å². The number of hydrogen-bond donors (Lipinski definition) is 2. The first kappa shape index (κ1) is 18.1. The third kappa shape index (κ3) is 3.94. The normalized spacial score (nSPS) is 16.8. The Bertz CT molecular complexity index is 890. The average molecular weight is 357 g/mol. The lowest BCUT2D eigenvalue weighted by molar-refractivity contribution is 0.0941. The smallest absolute Gasteiger partial charge is 0.328 e. The van der Waals surface area contributed by atoms with Crippen molar-refractivity contribution in [1.29, 1.82) is 0 Å². The van der Waals surface area contributed by atoms with Gasteiger partial charge in [0.05, 0.1) is 12.6 Å². The van der Waals surface area contributed by atoms with Crippen molar-refractivity contribution >= 4 is 11.6 Å². The highest BCUT2D eigenvalue weighted by atomic mass is 16.5. The number of carbonyl (C=O) groups is 1. The zero-order chi connectivity index (χ0) is 18.7. The maximum atomic E-state index is 12.6. The third-order valence-corrected chi connectivity index (χ3v) is 4.55. The van der Waals surface area contributed by atoms with Gasteiger partial charge in [-0.3, -0.25) is 14.2 Å². The molecule has 0 spiro atoms. The van der Waals surface area contributed by atoms with Gasteiger partial charge in [0, 0.05) is 18.5 Å². The van der Waals surface area contributed by atoms with Crippen LogP contribution in [0.2, 0.25) is 0 Å². The fraction of sp³-hybridized carbons (Fsp3) is 0.421. The number of anilines is 1. The second-order valence-corrected chi connectivity index (χ2v) is 6.79. The van der Waals surface area contributed by atoms with Crippen LogP contribution >= 0.6 is 0 Å². The standard InChI is InChI=1S/C19H23N3O4/c1-12(2)13-5-7-14(8-6-13)21-17(23)16-10-20-19(25)22(18(16)24)11-15-4-3-9-26-15/h5-8,10,12,15H,3-4,9,11H2,1-2H3,(H,20,25)(H,21,23). The minimum Gasteiger partial charge on any atom is -0.376 e. The molecule has 1 fully saturated rings. The predicted molar refractivity (Wildman–Crippen MR) is 98.8 cm³/mol. The lowest BCUT2D eigenvalue weighted by Crippen LogP contribution is -2.41. The molecule has 2 aromatic rings. The van der Waals surface area contributed by atoms with Gasteiger partial charge in [0.25, 0.3) is 11.5 Å². The number of ether oxygens (including phenoxy) is 1. The number of aromatic nitrogens is 2. The summed E-state index contributed by atoms with van der Waals surface area (Å²) in [6, 6.07) is 7.46. The van der Waals surface area contributed by atoms with Gasteiger partial charge in [0.15, 0.2) is 0 Å². The van der Waals surface area contributed by atoms with E-state index in [0.29, 0.717) is 18.2 Å². The molecule has 0 radical (unpaired) electrons. The molecule has 0 saturated carbocycles. The number of benzene rings is 1. The number of hydrogen-bond acceptors (Lipinski definition) is 4. The highest BCUT2D eigenvalue weighted by Crippen LogP contribution is 2.17. The van der Waals surface area contributed by atoms with Gasteiger partial charge in [0.1, 0.15) is 5.56 Å². The molecule has 1 aliphatic heterocycles. The summed E-state index contributed by atoms with van der Waals surface area (Å²) < 4.78 is 6.51. The Morgan fingerprint density at radius 3 is 2.65 bits per heavy atom. The van der Waals surface area contributed by atoms with E-state index in [2.05, 4.69) is 24.1 Å². The number of rotatable bonds is 5. The molecule has 7 heteroatoms. The molecule has 0 bridgehead atoms. The fourth-order valence-electron chi connectivity index (χ4n) is 2.98. The minimum absolute atomic E-state index is 0.101. The lowest BCUT2D eigenvalue weighted by Gasteiger charge is -2.12. The Balaban J connectivity index is 1.80. The van der Waals surface area contributed by atoms with Crippen LogP contribution in [0.1, 0.15) is 48.5 Å². The van der Waals surface area contributed by atoms with Gasteiger partial charge >= 0.3 is 5.69 Å². The second kappa shape index (κ2) is 7.70. The first-order chi connectivity index (χ1) is 12.5. The monoisotopic (exact) mass is 357 g/mol. The van der Waals surface area contributed by atoms with Crippen LogP contribution in [0.15, 0.2) is 40.1 Å². The van der Waals surface area contributed by atoms with E-state index in [9.17, 15) is 14.4 Å². The summed E-state index contributed by atoms with van der Waals surface area (Å²) in [4.78, 5) is 39.5. The molecule has 1 aromatic carbocycles. The van der Waals surface area contributed by atoms with Crippen LogP contribution < -0.4 is 16.6 Å². The van der Waals surface area contributed by atoms with Crippen molar-refractivity contribution in [2.24, 2.45) is 0 Å². The number of nitrogens with one attached hydrogen (secondary N) is 2.